The number of ether oxygens (including phenoxy) is 3. The Hall–Kier alpha value is -3.33. The Morgan fingerprint density at radius 2 is 1.80 bits per heavy atom. The predicted molar refractivity (Wildman–Crippen MR) is 115 cm³/mol. The van der Waals surface area contributed by atoms with Gasteiger partial charge in [0.25, 0.3) is 5.56 Å². The number of H-pyrrole nitrogens is 1. The largest absolute Gasteiger partial charge is 0.493 e. The molecule has 2 aromatic heterocycles. The molecule has 0 aliphatic heterocycles. The van der Waals surface area contributed by atoms with Gasteiger partial charge in [-0.25, -0.2) is 9.78 Å². The number of hydrogen-bond donors (Lipinski definition) is 1. The maximum atomic E-state index is 12.6. The summed E-state index contributed by atoms with van der Waals surface area (Å²) >= 11 is 0. The Morgan fingerprint density at radius 1 is 1.03 bits per heavy atom. The van der Waals surface area contributed by atoms with Crippen molar-refractivity contribution < 1.29 is 14.2 Å². The zero-order valence-corrected chi connectivity index (χ0v) is 17.6. The van der Waals surface area contributed by atoms with Crippen molar-refractivity contribution in [1.82, 2.24) is 19.1 Å². The topological polar surface area (TPSA) is 100 Å². The second-order valence-electron chi connectivity index (χ2n) is 6.48. The van der Waals surface area contributed by atoms with E-state index in [-0.39, 0.29) is 11.2 Å². The Bertz CT molecular complexity index is 1170. The van der Waals surface area contributed by atoms with Crippen LogP contribution >= 0.6 is 0 Å². The number of hydrogen-bond acceptors (Lipinski definition) is 6. The number of fused-ring (bicyclic) bond motifs is 1. The highest BCUT2D eigenvalue weighted by Crippen LogP contribution is 2.28. The molecule has 1 N–H and O–H groups in total. The molecule has 3 rings (SSSR count). The lowest BCUT2D eigenvalue weighted by molar-refractivity contribution is 0.144. The van der Waals surface area contributed by atoms with Crippen LogP contribution in [0.4, 0.5) is 0 Å². The van der Waals surface area contributed by atoms with Crippen molar-refractivity contribution in [1.29, 1.82) is 0 Å². The van der Waals surface area contributed by atoms with Crippen molar-refractivity contribution in [3.05, 3.63) is 50.4 Å². The highest BCUT2D eigenvalue weighted by Gasteiger charge is 2.15. The third kappa shape index (κ3) is 4.16. The van der Waals surface area contributed by atoms with Gasteiger partial charge in [-0.15, -0.1) is 0 Å². The summed E-state index contributed by atoms with van der Waals surface area (Å²) in [4.78, 5) is 32.5. The Labute approximate surface area is 173 Å². The lowest BCUT2D eigenvalue weighted by atomic mass is 10.2. The molecule has 3 aromatic rings. The van der Waals surface area contributed by atoms with E-state index in [1.807, 2.05) is 31.2 Å². The molecule has 9 heteroatoms. The SMILES string of the molecule is CCn1c(=O)c2[nH]c(/C=C/c3ccc(OC)c(OCCOC)c3)nc2n(CC)c1=O. The van der Waals surface area contributed by atoms with Crippen LogP contribution in [0.1, 0.15) is 25.2 Å². The molecular formula is C21H26N4O5. The van der Waals surface area contributed by atoms with Crippen molar-refractivity contribution >= 4 is 23.3 Å². The molecule has 0 radical (unpaired) electrons. The average molecular weight is 414 g/mol. The van der Waals surface area contributed by atoms with Gasteiger partial charge >= 0.3 is 5.69 Å². The summed E-state index contributed by atoms with van der Waals surface area (Å²) in [6.45, 7) is 5.21. The predicted octanol–water partition coefficient (Wildman–Crippen LogP) is 2.13. The number of benzene rings is 1. The van der Waals surface area contributed by atoms with Crippen molar-refractivity contribution in [2.45, 2.75) is 26.9 Å². The number of rotatable bonds is 9. The summed E-state index contributed by atoms with van der Waals surface area (Å²) in [5.41, 5.74) is 0.814. The van der Waals surface area contributed by atoms with E-state index in [1.54, 1.807) is 27.2 Å². The summed E-state index contributed by atoms with van der Waals surface area (Å²) < 4.78 is 18.7. The first kappa shape index (κ1) is 21.4. The molecule has 0 atom stereocenters. The lowest BCUT2D eigenvalue weighted by Crippen LogP contribution is -2.39. The molecule has 0 saturated heterocycles. The Kier molecular flexibility index (Phi) is 6.73. The Balaban J connectivity index is 1.96. The number of aromatic amines is 1. The minimum absolute atomic E-state index is 0.301. The molecule has 0 saturated carbocycles. The first-order chi connectivity index (χ1) is 14.5. The minimum Gasteiger partial charge on any atom is -0.493 e. The Morgan fingerprint density at radius 3 is 2.47 bits per heavy atom. The maximum Gasteiger partial charge on any atom is 0.332 e. The fourth-order valence-electron chi connectivity index (χ4n) is 3.15. The van der Waals surface area contributed by atoms with Crippen LogP contribution in [0.15, 0.2) is 27.8 Å². The van der Waals surface area contributed by atoms with Gasteiger partial charge in [0.2, 0.25) is 0 Å². The van der Waals surface area contributed by atoms with E-state index in [0.717, 1.165) is 5.56 Å². The normalized spacial score (nSPS) is 11.5. The molecule has 0 unspecified atom stereocenters. The van der Waals surface area contributed by atoms with E-state index in [2.05, 4.69) is 9.97 Å². The second kappa shape index (κ2) is 9.45. The zero-order chi connectivity index (χ0) is 21.7. The van der Waals surface area contributed by atoms with Crippen molar-refractivity contribution in [3.63, 3.8) is 0 Å². The van der Waals surface area contributed by atoms with Gasteiger partial charge in [-0.3, -0.25) is 13.9 Å². The van der Waals surface area contributed by atoms with Crippen LogP contribution in [-0.2, 0) is 17.8 Å². The number of nitrogens with one attached hydrogen (secondary N) is 1. The van der Waals surface area contributed by atoms with E-state index in [0.29, 0.717) is 54.8 Å². The number of aromatic nitrogens is 4. The van der Waals surface area contributed by atoms with E-state index < -0.39 is 0 Å². The number of nitrogens with zero attached hydrogens (tertiary/aromatic N) is 3. The van der Waals surface area contributed by atoms with Gasteiger partial charge in [0, 0.05) is 20.2 Å². The molecule has 1 aromatic carbocycles. The van der Waals surface area contributed by atoms with Gasteiger partial charge in [-0.05, 0) is 37.6 Å². The smallest absolute Gasteiger partial charge is 0.332 e. The molecule has 2 heterocycles. The van der Waals surface area contributed by atoms with Crippen molar-refractivity contribution in [3.8, 4) is 11.5 Å². The fourth-order valence-corrected chi connectivity index (χ4v) is 3.15. The standard InChI is InChI=1S/C21H26N4O5/c1-5-24-19-18(20(26)25(6-2)21(24)27)22-17(23-19)10-8-14-7-9-15(29-4)16(13-14)30-12-11-28-3/h7-10,13H,5-6,11-12H2,1-4H3,(H,22,23)/b10-8+. The van der Waals surface area contributed by atoms with Crippen LogP contribution in [0, 0.1) is 0 Å². The van der Waals surface area contributed by atoms with Gasteiger partial charge in [0.1, 0.15) is 17.9 Å². The highest BCUT2D eigenvalue weighted by molar-refractivity contribution is 5.76. The van der Waals surface area contributed by atoms with Crippen molar-refractivity contribution in [2.75, 3.05) is 27.4 Å². The van der Waals surface area contributed by atoms with E-state index in [1.165, 1.54) is 9.13 Å². The molecule has 0 aliphatic rings. The van der Waals surface area contributed by atoms with E-state index in [4.69, 9.17) is 14.2 Å². The van der Waals surface area contributed by atoms with Crippen LogP contribution in [0.3, 0.4) is 0 Å². The summed E-state index contributed by atoms with van der Waals surface area (Å²) in [6, 6.07) is 5.54. The number of imidazole rings is 1. The summed E-state index contributed by atoms with van der Waals surface area (Å²) in [6.07, 6.45) is 3.59. The zero-order valence-electron chi connectivity index (χ0n) is 17.6. The molecule has 0 bridgehead atoms. The van der Waals surface area contributed by atoms with Crippen LogP contribution in [0.25, 0.3) is 23.3 Å². The quantitative estimate of drug-likeness (QED) is 0.539. The second-order valence-corrected chi connectivity index (χ2v) is 6.48. The van der Waals surface area contributed by atoms with Crippen molar-refractivity contribution in [2.24, 2.45) is 0 Å². The van der Waals surface area contributed by atoms with Gasteiger partial charge < -0.3 is 19.2 Å². The third-order valence-electron chi connectivity index (χ3n) is 4.68. The molecule has 0 fully saturated rings. The van der Waals surface area contributed by atoms with Gasteiger partial charge in [-0.2, -0.15) is 0 Å². The summed E-state index contributed by atoms with van der Waals surface area (Å²) in [5.74, 6) is 1.71. The van der Waals surface area contributed by atoms with E-state index in [9.17, 15) is 9.59 Å². The first-order valence-corrected chi connectivity index (χ1v) is 9.75. The molecule has 0 amide bonds. The third-order valence-corrected chi connectivity index (χ3v) is 4.68. The average Bonchev–Trinajstić information content (AvgIpc) is 3.17. The van der Waals surface area contributed by atoms with Gasteiger partial charge in [0.15, 0.2) is 17.1 Å². The fraction of sp³-hybridized carbons (Fsp3) is 0.381. The molecule has 0 spiro atoms. The summed E-state index contributed by atoms with van der Waals surface area (Å²) in [5, 5.41) is 0. The number of aryl methyl sites for hydroxylation is 1. The molecular weight excluding hydrogens is 388 g/mol. The van der Waals surface area contributed by atoms with Gasteiger partial charge in [-0.1, -0.05) is 12.1 Å². The molecule has 9 nitrogen and oxygen atoms in total. The molecule has 160 valence electrons. The van der Waals surface area contributed by atoms with Crippen LogP contribution in [0.2, 0.25) is 0 Å². The monoisotopic (exact) mass is 414 g/mol. The van der Waals surface area contributed by atoms with Crippen LogP contribution in [0.5, 0.6) is 11.5 Å². The van der Waals surface area contributed by atoms with Crippen LogP contribution in [-0.4, -0.2) is 46.5 Å². The summed E-state index contributed by atoms with van der Waals surface area (Å²) in [7, 11) is 3.19. The van der Waals surface area contributed by atoms with Gasteiger partial charge in [0.05, 0.1) is 13.7 Å². The first-order valence-electron chi connectivity index (χ1n) is 9.75. The lowest BCUT2D eigenvalue weighted by Gasteiger charge is -2.11. The highest BCUT2D eigenvalue weighted by atomic mass is 16.5. The molecule has 30 heavy (non-hydrogen) atoms. The minimum atomic E-state index is -0.368. The van der Waals surface area contributed by atoms with Crippen LogP contribution < -0.4 is 20.7 Å². The number of methoxy groups -OCH3 is 2. The molecule has 0 aliphatic carbocycles. The maximum absolute atomic E-state index is 12.6. The van der Waals surface area contributed by atoms with E-state index >= 15 is 0 Å².